The van der Waals surface area contributed by atoms with Crippen LogP contribution in [0.1, 0.15) is 38.5 Å². The van der Waals surface area contributed by atoms with Crippen LogP contribution < -0.4 is 0 Å². The number of hydrogen-bond donors (Lipinski definition) is 1. The summed E-state index contributed by atoms with van der Waals surface area (Å²) in [6, 6.07) is 0. The van der Waals surface area contributed by atoms with E-state index in [-0.39, 0.29) is 17.9 Å². The van der Waals surface area contributed by atoms with Crippen molar-refractivity contribution < 1.29 is 19.4 Å². The van der Waals surface area contributed by atoms with Gasteiger partial charge in [-0.3, -0.25) is 9.59 Å². The molecule has 5 nitrogen and oxygen atoms in total. The van der Waals surface area contributed by atoms with Crippen molar-refractivity contribution in [3.8, 4) is 0 Å². The molecular weight excluding hydrogens is 246 g/mol. The summed E-state index contributed by atoms with van der Waals surface area (Å²) in [6.07, 6.45) is 5.20. The number of rotatable bonds is 3. The zero-order valence-electron chi connectivity index (χ0n) is 11.5. The number of carboxylic acid groups (broad SMARTS) is 1. The molecule has 0 spiro atoms. The average molecular weight is 269 g/mol. The lowest BCUT2D eigenvalue weighted by Gasteiger charge is -2.36. The largest absolute Gasteiger partial charge is 0.481 e. The Kier molecular flexibility index (Phi) is 4.80. The molecule has 1 aliphatic heterocycles. The predicted molar refractivity (Wildman–Crippen MR) is 69.7 cm³/mol. The Balaban J connectivity index is 1.96. The molecule has 1 saturated heterocycles. The first-order valence-corrected chi connectivity index (χ1v) is 7.18. The number of methoxy groups -OCH3 is 1. The van der Waals surface area contributed by atoms with Crippen molar-refractivity contribution in [2.75, 3.05) is 20.2 Å². The average Bonchev–Trinajstić information content (AvgIpc) is 2.46. The number of aliphatic carboxylic acids is 1. The van der Waals surface area contributed by atoms with E-state index in [1.807, 2.05) is 4.90 Å². The Bertz CT molecular complexity index is 336. The number of amides is 1. The van der Waals surface area contributed by atoms with Gasteiger partial charge in [0.15, 0.2) is 0 Å². The third-order valence-electron chi connectivity index (χ3n) is 4.49. The molecule has 19 heavy (non-hydrogen) atoms. The first-order valence-electron chi connectivity index (χ1n) is 7.18. The molecule has 1 amide bonds. The summed E-state index contributed by atoms with van der Waals surface area (Å²) in [4.78, 5) is 25.6. The van der Waals surface area contributed by atoms with Crippen molar-refractivity contribution in [1.82, 2.24) is 4.90 Å². The Labute approximate surface area is 113 Å². The van der Waals surface area contributed by atoms with E-state index < -0.39 is 11.9 Å². The summed E-state index contributed by atoms with van der Waals surface area (Å²) in [5.74, 6) is -1.57. The fourth-order valence-corrected chi connectivity index (χ4v) is 3.27. The summed E-state index contributed by atoms with van der Waals surface area (Å²) >= 11 is 0. The number of hydrogen-bond acceptors (Lipinski definition) is 3. The van der Waals surface area contributed by atoms with Crippen LogP contribution in [0.3, 0.4) is 0 Å². The number of ether oxygens (including phenoxy) is 1. The summed E-state index contributed by atoms with van der Waals surface area (Å²) in [7, 11) is 1.70. The zero-order chi connectivity index (χ0) is 13.8. The van der Waals surface area contributed by atoms with E-state index in [4.69, 9.17) is 4.74 Å². The van der Waals surface area contributed by atoms with Crippen molar-refractivity contribution in [1.29, 1.82) is 0 Å². The fourth-order valence-electron chi connectivity index (χ4n) is 3.27. The summed E-state index contributed by atoms with van der Waals surface area (Å²) in [6.45, 7) is 1.39. The molecule has 2 aliphatic rings. The number of carbonyl (C=O) groups excluding carboxylic acids is 1. The number of carboxylic acids is 1. The highest BCUT2D eigenvalue weighted by Gasteiger charge is 2.38. The van der Waals surface area contributed by atoms with E-state index in [9.17, 15) is 14.7 Å². The van der Waals surface area contributed by atoms with Gasteiger partial charge in [-0.05, 0) is 25.7 Å². The van der Waals surface area contributed by atoms with Gasteiger partial charge in [-0.1, -0.05) is 12.8 Å². The zero-order valence-corrected chi connectivity index (χ0v) is 11.5. The molecule has 0 radical (unpaired) electrons. The number of nitrogens with zero attached hydrogens (tertiary/aromatic N) is 1. The topological polar surface area (TPSA) is 66.8 Å². The smallest absolute Gasteiger partial charge is 0.307 e. The number of likely N-dealkylation sites (tertiary alicyclic amines) is 1. The van der Waals surface area contributed by atoms with Gasteiger partial charge in [0.2, 0.25) is 5.91 Å². The number of piperidine rings is 1. The minimum absolute atomic E-state index is 0.0432. The third kappa shape index (κ3) is 3.26. The molecule has 2 rings (SSSR count). The van der Waals surface area contributed by atoms with Crippen LogP contribution in [-0.4, -0.2) is 48.2 Å². The highest BCUT2D eigenvalue weighted by atomic mass is 16.5. The van der Waals surface area contributed by atoms with Crippen molar-refractivity contribution >= 4 is 11.9 Å². The molecule has 2 fully saturated rings. The van der Waals surface area contributed by atoms with Gasteiger partial charge >= 0.3 is 5.97 Å². The van der Waals surface area contributed by atoms with Crippen LogP contribution >= 0.6 is 0 Å². The molecule has 5 heteroatoms. The molecule has 0 unspecified atom stereocenters. The molecule has 1 heterocycles. The second-order valence-corrected chi connectivity index (χ2v) is 5.60. The van der Waals surface area contributed by atoms with Crippen molar-refractivity contribution in [2.45, 2.75) is 44.6 Å². The SMILES string of the molecule is COC1CCN(C(=O)[C@@H]2CCCC[C@@H]2C(=O)O)CC1. The monoisotopic (exact) mass is 269 g/mol. The van der Waals surface area contributed by atoms with Gasteiger partial charge in [0, 0.05) is 20.2 Å². The summed E-state index contributed by atoms with van der Waals surface area (Å²) in [5.41, 5.74) is 0. The van der Waals surface area contributed by atoms with Gasteiger partial charge in [-0.2, -0.15) is 0 Å². The highest BCUT2D eigenvalue weighted by Crippen LogP contribution is 2.32. The van der Waals surface area contributed by atoms with Crippen LogP contribution in [0.5, 0.6) is 0 Å². The van der Waals surface area contributed by atoms with E-state index >= 15 is 0 Å². The quantitative estimate of drug-likeness (QED) is 0.843. The van der Waals surface area contributed by atoms with Crippen molar-refractivity contribution in [3.63, 3.8) is 0 Å². The molecule has 2 atom stereocenters. The Morgan fingerprint density at radius 3 is 2.16 bits per heavy atom. The Hall–Kier alpha value is -1.10. The van der Waals surface area contributed by atoms with Crippen LogP contribution in [0.15, 0.2) is 0 Å². The van der Waals surface area contributed by atoms with Gasteiger partial charge in [-0.25, -0.2) is 0 Å². The van der Waals surface area contributed by atoms with Crippen LogP contribution in [0.2, 0.25) is 0 Å². The molecule has 0 aromatic heterocycles. The van der Waals surface area contributed by atoms with E-state index in [1.54, 1.807) is 7.11 Å². The second-order valence-electron chi connectivity index (χ2n) is 5.60. The first-order chi connectivity index (χ1) is 9.13. The summed E-state index contributed by atoms with van der Waals surface area (Å²) in [5, 5.41) is 9.25. The van der Waals surface area contributed by atoms with Gasteiger partial charge in [0.1, 0.15) is 0 Å². The molecular formula is C14H23NO4. The fraction of sp³-hybridized carbons (Fsp3) is 0.857. The van der Waals surface area contributed by atoms with Gasteiger partial charge < -0.3 is 14.7 Å². The molecule has 1 saturated carbocycles. The maximum atomic E-state index is 12.5. The van der Waals surface area contributed by atoms with Gasteiger partial charge in [0.05, 0.1) is 17.9 Å². The molecule has 108 valence electrons. The minimum atomic E-state index is -0.815. The highest BCUT2D eigenvalue weighted by molar-refractivity contribution is 5.85. The maximum Gasteiger partial charge on any atom is 0.307 e. The van der Waals surface area contributed by atoms with Crippen LogP contribution in [0.25, 0.3) is 0 Å². The van der Waals surface area contributed by atoms with Crippen LogP contribution in [-0.2, 0) is 14.3 Å². The molecule has 0 bridgehead atoms. The lowest BCUT2D eigenvalue weighted by Crippen LogP contribution is -2.46. The van der Waals surface area contributed by atoms with E-state index in [0.717, 1.165) is 32.1 Å². The standard InChI is InChI=1S/C14H23NO4/c1-19-10-6-8-15(9-7-10)13(16)11-4-2-3-5-12(11)14(17)18/h10-12H,2-9H2,1H3,(H,17,18)/t11-,12+/m1/s1. The normalized spacial score (nSPS) is 29.2. The van der Waals surface area contributed by atoms with Crippen molar-refractivity contribution in [3.05, 3.63) is 0 Å². The minimum Gasteiger partial charge on any atom is -0.481 e. The lowest BCUT2D eigenvalue weighted by molar-refractivity contribution is -0.153. The second kappa shape index (κ2) is 6.37. The van der Waals surface area contributed by atoms with Crippen molar-refractivity contribution in [2.24, 2.45) is 11.8 Å². The molecule has 0 aromatic rings. The molecule has 0 aromatic carbocycles. The lowest BCUT2D eigenvalue weighted by atomic mass is 9.78. The van der Waals surface area contributed by atoms with E-state index in [0.29, 0.717) is 19.5 Å². The van der Waals surface area contributed by atoms with Gasteiger partial charge in [0.25, 0.3) is 0 Å². The Morgan fingerprint density at radius 1 is 1.05 bits per heavy atom. The predicted octanol–water partition coefficient (Wildman–Crippen LogP) is 1.51. The molecule has 1 aliphatic carbocycles. The maximum absolute atomic E-state index is 12.5. The van der Waals surface area contributed by atoms with E-state index in [2.05, 4.69) is 0 Å². The number of carbonyl (C=O) groups is 2. The Morgan fingerprint density at radius 2 is 1.63 bits per heavy atom. The van der Waals surface area contributed by atoms with Gasteiger partial charge in [-0.15, -0.1) is 0 Å². The van der Waals surface area contributed by atoms with Crippen LogP contribution in [0.4, 0.5) is 0 Å². The van der Waals surface area contributed by atoms with E-state index in [1.165, 1.54) is 0 Å². The molecule has 1 N–H and O–H groups in total. The first kappa shape index (κ1) is 14.3. The summed E-state index contributed by atoms with van der Waals surface area (Å²) < 4.78 is 5.29. The van der Waals surface area contributed by atoms with Crippen LogP contribution in [0, 0.1) is 11.8 Å². The third-order valence-corrected chi connectivity index (χ3v) is 4.49.